The molecule has 0 bridgehead atoms. The molecule has 1 aliphatic rings. The third kappa shape index (κ3) is 2.93. The summed E-state index contributed by atoms with van der Waals surface area (Å²) in [5.74, 6) is 0. The highest BCUT2D eigenvalue weighted by Crippen LogP contribution is 2.27. The van der Waals surface area contributed by atoms with E-state index in [2.05, 4.69) is 0 Å². The van der Waals surface area contributed by atoms with Gasteiger partial charge in [-0.25, -0.2) is 0 Å². The highest BCUT2D eigenvalue weighted by Gasteiger charge is 2.45. The van der Waals surface area contributed by atoms with Crippen LogP contribution >= 0.6 is 0 Å². The van der Waals surface area contributed by atoms with Gasteiger partial charge in [0, 0.05) is 0 Å². The molecule has 1 aliphatic heterocycles. The van der Waals surface area contributed by atoms with Crippen molar-refractivity contribution in [3.63, 3.8) is 0 Å². The fourth-order valence-corrected chi connectivity index (χ4v) is 1.74. The van der Waals surface area contributed by atoms with Crippen molar-refractivity contribution < 1.29 is 24.8 Å². The Hall–Kier alpha value is -0.200. The van der Waals surface area contributed by atoms with Crippen LogP contribution < -0.4 is 0 Å². The Labute approximate surface area is 96.0 Å². The van der Waals surface area contributed by atoms with Gasteiger partial charge in [0.1, 0.15) is 17.8 Å². The van der Waals surface area contributed by atoms with Crippen molar-refractivity contribution in [2.45, 2.75) is 63.8 Å². The van der Waals surface area contributed by atoms with Crippen molar-refractivity contribution in [2.75, 3.05) is 6.61 Å². The molecular formula is C11H22O5. The summed E-state index contributed by atoms with van der Waals surface area (Å²) in [5.41, 5.74) is -1.48. The lowest BCUT2D eigenvalue weighted by Gasteiger charge is -2.42. The van der Waals surface area contributed by atoms with E-state index in [9.17, 15) is 15.3 Å². The Balaban J connectivity index is 2.69. The second kappa shape index (κ2) is 5.42. The van der Waals surface area contributed by atoms with Gasteiger partial charge < -0.3 is 24.8 Å². The minimum atomic E-state index is -1.48. The number of hydrogen-bond donors (Lipinski definition) is 3. The SMILES string of the molecule is CCC[C@H]1OC[C@@H](O)[C@@H]([C@](C)(O)[C@H](C)O)O1. The molecule has 1 rings (SSSR count). The summed E-state index contributed by atoms with van der Waals surface area (Å²) in [6, 6.07) is 0. The molecule has 96 valence electrons. The van der Waals surface area contributed by atoms with Crippen molar-refractivity contribution in [3.8, 4) is 0 Å². The summed E-state index contributed by atoms with van der Waals surface area (Å²) >= 11 is 0. The molecule has 0 radical (unpaired) electrons. The molecule has 0 spiro atoms. The van der Waals surface area contributed by atoms with E-state index in [-0.39, 0.29) is 6.61 Å². The Morgan fingerprint density at radius 1 is 1.50 bits per heavy atom. The number of rotatable bonds is 4. The number of aliphatic hydroxyl groups is 3. The molecule has 5 atom stereocenters. The molecule has 1 saturated heterocycles. The first-order valence-corrected chi connectivity index (χ1v) is 5.75. The summed E-state index contributed by atoms with van der Waals surface area (Å²) in [4.78, 5) is 0. The summed E-state index contributed by atoms with van der Waals surface area (Å²) < 4.78 is 10.8. The van der Waals surface area contributed by atoms with Gasteiger partial charge in [-0.05, 0) is 20.3 Å². The fraction of sp³-hybridized carbons (Fsp3) is 1.00. The van der Waals surface area contributed by atoms with Crippen molar-refractivity contribution in [1.82, 2.24) is 0 Å². The lowest BCUT2D eigenvalue weighted by Crippen LogP contribution is -2.59. The van der Waals surface area contributed by atoms with Crippen molar-refractivity contribution in [1.29, 1.82) is 0 Å². The van der Waals surface area contributed by atoms with E-state index in [1.807, 2.05) is 6.92 Å². The van der Waals surface area contributed by atoms with E-state index in [1.54, 1.807) is 0 Å². The normalized spacial score (nSPS) is 36.8. The van der Waals surface area contributed by atoms with Crippen LogP contribution in [0.1, 0.15) is 33.6 Å². The number of ether oxygens (including phenoxy) is 2. The van der Waals surface area contributed by atoms with Gasteiger partial charge in [0.25, 0.3) is 0 Å². The highest BCUT2D eigenvalue weighted by molar-refractivity contribution is 4.93. The molecule has 1 fully saturated rings. The van der Waals surface area contributed by atoms with E-state index in [4.69, 9.17) is 9.47 Å². The maximum atomic E-state index is 10.1. The average molecular weight is 234 g/mol. The van der Waals surface area contributed by atoms with Gasteiger partial charge in [-0.1, -0.05) is 13.3 Å². The monoisotopic (exact) mass is 234 g/mol. The first-order valence-electron chi connectivity index (χ1n) is 5.75. The summed E-state index contributed by atoms with van der Waals surface area (Å²) in [7, 11) is 0. The van der Waals surface area contributed by atoms with Crippen LogP contribution in [0.15, 0.2) is 0 Å². The zero-order valence-electron chi connectivity index (χ0n) is 10.1. The second-order valence-corrected chi connectivity index (χ2v) is 4.58. The highest BCUT2D eigenvalue weighted by atomic mass is 16.7. The van der Waals surface area contributed by atoms with Crippen LogP contribution in [0.3, 0.4) is 0 Å². The Morgan fingerprint density at radius 2 is 2.12 bits per heavy atom. The third-order valence-corrected chi connectivity index (χ3v) is 3.05. The molecule has 0 aromatic heterocycles. The van der Waals surface area contributed by atoms with Gasteiger partial charge in [0.05, 0.1) is 12.7 Å². The Bertz CT molecular complexity index is 216. The van der Waals surface area contributed by atoms with Crippen molar-refractivity contribution in [2.24, 2.45) is 0 Å². The second-order valence-electron chi connectivity index (χ2n) is 4.58. The maximum absolute atomic E-state index is 10.1. The zero-order chi connectivity index (χ0) is 12.3. The fourth-order valence-electron chi connectivity index (χ4n) is 1.74. The topological polar surface area (TPSA) is 79.2 Å². The predicted molar refractivity (Wildman–Crippen MR) is 57.8 cm³/mol. The van der Waals surface area contributed by atoms with Crippen LogP contribution in [0.4, 0.5) is 0 Å². The molecule has 0 aromatic rings. The van der Waals surface area contributed by atoms with Gasteiger partial charge in [-0.3, -0.25) is 0 Å². The predicted octanol–water partition coefficient (Wildman–Crippen LogP) is 0.0207. The summed E-state index contributed by atoms with van der Waals surface area (Å²) in [6.07, 6.45) is -1.53. The van der Waals surface area contributed by atoms with Gasteiger partial charge in [-0.15, -0.1) is 0 Å². The van der Waals surface area contributed by atoms with Crippen molar-refractivity contribution >= 4 is 0 Å². The molecule has 1 heterocycles. The standard InChI is InChI=1S/C11H22O5/c1-4-5-9-15-6-8(13)10(16-9)11(3,14)7(2)12/h7-10,12-14H,4-6H2,1-3H3/t7-,8+,9-,10-,11+/m0/s1. The van der Waals surface area contributed by atoms with E-state index >= 15 is 0 Å². The van der Waals surface area contributed by atoms with Crippen molar-refractivity contribution in [3.05, 3.63) is 0 Å². The van der Waals surface area contributed by atoms with Gasteiger partial charge >= 0.3 is 0 Å². The molecule has 3 N–H and O–H groups in total. The first-order chi connectivity index (χ1) is 7.39. The minimum Gasteiger partial charge on any atom is -0.390 e. The summed E-state index contributed by atoms with van der Waals surface area (Å²) in [5, 5.41) is 29.3. The lowest BCUT2D eigenvalue weighted by molar-refractivity contribution is -0.300. The van der Waals surface area contributed by atoms with Gasteiger partial charge in [0.2, 0.25) is 0 Å². The Morgan fingerprint density at radius 3 is 2.62 bits per heavy atom. The van der Waals surface area contributed by atoms with Crippen LogP contribution in [0.5, 0.6) is 0 Å². The van der Waals surface area contributed by atoms with Gasteiger partial charge in [-0.2, -0.15) is 0 Å². The van der Waals surface area contributed by atoms with Crippen LogP contribution in [0, 0.1) is 0 Å². The van der Waals surface area contributed by atoms with E-state index in [0.717, 1.165) is 6.42 Å². The largest absolute Gasteiger partial charge is 0.390 e. The number of hydrogen-bond acceptors (Lipinski definition) is 5. The quantitative estimate of drug-likeness (QED) is 0.639. The maximum Gasteiger partial charge on any atom is 0.158 e. The molecule has 16 heavy (non-hydrogen) atoms. The molecule has 0 aliphatic carbocycles. The molecule has 0 aromatic carbocycles. The molecule has 0 unspecified atom stereocenters. The van der Waals surface area contributed by atoms with E-state index < -0.39 is 30.2 Å². The van der Waals surface area contributed by atoms with Crippen LogP contribution in [-0.4, -0.2) is 52.1 Å². The molecular weight excluding hydrogens is 212 g/mol. The molecule has 0 saturated carbocycles. The first kappa shape index (κ1) is 13.9. The van der Waals surface area contributed by atoms with Crippen LogP contribution in [0.2, 0.25) is 0 Å². The number of aliphatic hydroxyl groups excluding tert-OH is 2. The van der Waals surface area contributed by atoms with E-state index in [0.29, 0.717) is 6.42 Å². The lowest BCUT2D eigenvalue weighted by atomic mass is 9.89. The minimum absolute atomic E-state index is 0.123. The average Bonchev–Trinajstić information content (AvgIpc) is 2.20. The van der Waals surface area contributed by atoms with E-state index in [1.165, 1.54) is 13.8 Å². The Kier molecular flexibility index (Phi) is 4.70. The molecule has 5 nitrogen and oxygen atoms in total. The third-order valence-electron chi connectivity index (χ3n) is 3.05. The molecule has 5 heteroatoms. The zero-order valence-corrected chi connectivity index (χ0v) is 10.1. The van der Waals surface area contributed by atoms with Crippen LogP contribution in [0.25, 0.3) is 0 Å². The molecule has 0 amide bonds. The van der Waals surface area contributed by atoms with Gasteiger partial charge in [0.15, 0.2) is 6.29 Å². The van der Waals surface area contributed by atoms with Crippen LogP contribution in [-0.2, 0) is 9.47 Å². The smallest absolute Gasteiger partial charge is 0.158 e. The summed E-state index contributed by atoms with van der Waals surface area (Å²) in [6.45, 7) is 5.05.